The Morgan fingerprint density at radius 1 is 1.12 bits per heavy atom. The molecule has 0 amide bonds. The molecule has 7 heteroatoms. The van der Waals surface area contributed by atoms with E-state index in [-0.39, 0.29) is 0 Å². The van der Waals surface area contributed by atoms with Crippen molar-refractivity contribution in [2.24, 2.45) is 4.99 Å². The van der Waals surface area contributed by atoms with Gasteiger partial charge in [0.2, 0.25) is 5.96 Å². The molecular formula is C17H22N6O. The second-order valence-corrected chi connectivity index (χ2v) is 6.36. The first kappa shape index (κ1) is 15.1. The van der Waals surface area contributed by atoms with Crippen LogP contribution >= 0.6 is 0 Å². The van der Waals surface area contributed by atoms with Gasteiger partial charge >= 0.3 is 0 Å². The summed E-state index contributed by atoms with van der Waals surface area (Å²) in [5.41, 5.74) is 2.09. The summed E-state index contributed by atoms with van der Waals surface area (Å²) < 4.78 is 7.28. The van der Waals surface area contributed by atoms with Crippen LogP contribution in [0.1, 0.15) is 17.2 Å². The van der Waals surface area contributed by atoms with Gasteiger partial charge in [0, 0.05) is 38.7 Å². The van der Waals surface area contributed by atoms with E-state index >= 15 is 0 Å². The van der Waals surface area contributed by atoms with Crippen LogP contribution in [0.15, 0.2) is 23.2 Å². The van der Waals surface area contributed by atoms with Crippen LogP contribution in [0, 0.1) is 6.92 Å². The van der Waals surface area contributed by atoms with Gasteiger partial charge in [-0.1, -0.05) is 6.07 Å². The highest BCUT2D eigenvalue weighted by molar-refractivity contribution is 5.86. The van der Waals surface area contributed by atoms with E-state index < -0.39 is 0 Å². The molecule has 0 radical (unpaired) electrons. The number of aromatic nitrogens is 3. The predicted molar refractivity (Wildman–Crippen MR) is 92.1 cm³/mol. The van der Waals surface area contributed by atoms with Gasteiger partial charge in [0.05, 0.1) is 12.8 Å². The summed E-state index contributed by atoms with van der Waals surface area (Å²) in [4.78, 5) is 14.2. The van der Waals surface area contributed by atoms with Gasteiger partial charge in [0.25, 0.3) is 0 Å². The lowest BCUT2D eigenvalue weighted by Crippen LogP contribution is -2.49. The smallest absolute Gasteiger partial charge is 0.228 e. The van der Waals surface area contributed by atoms with Crippen molar-refractivity contribution in [2.75, 3.05) is 40.3 Å². The van der Waals surface area contributed by atoms with Crippen molar-refractivity contribution in [1.82, 2.24) is 24.6 Å². The minimum Gasteiger partial charge on any atom is -0.497 e. The number of likely N-dealkylation sites (N-methyl/N-ethyl adjacent to an activating group) is 1. The van der Waals surface area contributed by atoms with Crippen LogP contribution in [0.2, 0.25) is 0 Å². The van der Waals surface area contributed by atoms with Crippen LogP contribution in [0.25, 0.3) is 0 Å². The first-order valence-corrected chi connectivity index (χ1v) is 8.26. The Bertz CT molecular complexity index is 788. The molecule has 2 aliphatic rings. The fraction of sp³-hybridized carbons (Fsp3) is 0.471. The third-order valence-corrected chi connectivity index (χ3v) is 4.62. The SMILES string of the molecule is COc1ccc2c(c1)N=C(N1CCN(C)CC1)n1nc(C)nc1C2. The zero-order valence-corrected chi connectivity index (χ0v) is 14.4. The van der Waals surface area contributed by atoms with Crippen molar-refractivity contribution < 1.29 is 4.74 Å². The molecule has 0 atom stereocenters. The summed E-state index contributed by atoms with van der Waals surface area (Å²) in [5.74, 6) is 3.41. The lowest BCUT2D eigenvalue weighted by Gasteiger charge is -2.34. The topological polar surface area (TPSA) is 58.8 Å². The quantitative estimate of drug-likeness (QED) is 0.790. The Hall–Kier alpha value is -2.41. The molecule has 0 aliphatic carbocycles. The van der Waals surface area contributed by atoms with Crippen LogP contribution in [0.5, 0.6) is 5.75 Å². The highest BCUT2D eigenvalue weighted by Crippen LogP contribution is 2.30. The molecule has 0 unspecified atom stereocenters. The van der Waals surface area contributed by atoms with E-state index in [1.165, 1.54) is 0 Å². The van der Waals surface area contributed by atoms with Crippen molar-refractivity contribution in [2.45, 2.75) is 13.3 Å². The van der Waals surface area contributed by atoms with Crippen molar-refractivity contribution in [1.29, 1.82) is 0 Å². The Morgan fingerprint density at radius 2 is 1.92 bits per heavy atom. The number of aryl methyl sites for hydroxylation is 1. The molecule has 24 heavy (non-hydrogen) atoms. The molecule has 1 aromatic heterocycles. The lowest BCUT2D eigenvalue weighted by molar-refractivity contribution is 0.211. The van der Waals surface area contributed by atoms with Crippen LogP contribution in [-0.2, 0) is 6.42 Å². The number of ether oxygens (including phenoxy) is 1. The largest absolute Gasteiger partial charge is 0.497 e. The molecule has 7 nitrogen and oxygen atoms in total. The van der Waals surface area contributed by atoms with Crippen molar-refractivity contribution >= 4 is 11.6 Å². The Balaban J connectivity index is 1.81. The predicted octanol–water partition coefficient (Wildman–Crippen LogP) is 1.28. The molecule has 3 heterocycles. The number of aliphatic imine (C=N–C) groups is 1. The lowest BCUT2D eigenvalue weighted by atomic mass is 10.1. The maximum Gasteiger partial charge on any atom is 0.228 e. The van der Waals surface area contributed by atoms with Crippen molar-refractivity contribution in [3.63, 3.8) is 0 Å². The number of benzene rings is 1. The summed E-state index contributed by atoms with van der Waals surface area (Å²) in [6.45, 7) is 5.85. The average molecular weight is 326 g/mol. The van der Waals surface area contributed by atoms with Crippen LogP contribution in [-0.4, -0.2) is 70.9 Å². The molecule has 0 saturated carbocycles. The second kappa shape index (κ2) is 5.90. The molecule has 1 saturated heterocycles. The fourth-order valence-corrected chi connectivity index (χ4v) is 3.19. The van der Waals surface area contributed by atoms with E-state index in [4.69, 9.17) is 9.73 Å². The van der Waals surface area contributed by atoms with Gasteiger partial charge in [-0.25, -0.2) is 9.98 Å². The molecule has 1 fully saturated rings. The summed E-state index contributed by atoms with van der Waals surface area (Å²) in [5, 5.41) is 4.60. The van der Waals surface area contributed by atoms with Crippen LogP contribution < -0.4 is 4.74 Å². The molecule has 1 aromatic carbocycles. The number of hydrogen-bond donors (Lipinski definition) is 0. The van der Waals surface area contributed by atoms with Gasteiger partial charge < -0.3 is 14.5 Å². The van der Waals surface area contributed by atoms with Crippen LogP contribution in [0.3, 0.4) is 0 Å². The van der Waals surface area contributed by atoms with Gasteiger partial charge in [0.1, 0.15) is 17.4 Å². The van der Waals surface area contributed by atoms with Gasteiger partial charge in [-0.3, -0.25) is 0 Å². The fourth-order valence-electron chi connectivity index (χ4n) is 3.19. The second-order valence-electron chi connectivity index (χ2n) is 6.36. The molecular weight excluding hydrogens is 304 g/mol. The highest BCUT2D eigenvalue weighted by atomic mass is 16.5. The van der Waals surface area contributed by atoms with E-state index in [0.29, 0.717) is 0 Å². The minimum absolute atomic E-state index is 0.723. The summed E-state index contributed by atoms with van der Waals surface area (Å²) in [6.07, 6.45) is 0.723. The minimum atomic E-state index is 0.723. The monoisotopic (exact) mass is 326 g/mol. The van der Waals surface area contributed by atoms with Gasteiger partial charge in [-0.05, 0) is 25.6 Å². The zero-order valence-electron chi connectivity index (χ0n) is 14.4. The molecule has 0 bridgehead atoms. The van der Waals surface area contributed by atoms with Crippen molar-refractivity contribution in [3.05, 3.63) is 35.4 Å². The molecule has 4 rings (SSSR count). The summed E-state index contributed by atoms with van der Waals surface area (Å²) in [7, 11) is 3.83. The third-order valence-electron chi connectivity index (χ3n) is 4.62. The summed E-state index contributed by atoms with van der Waals surface area (Å²) >= 11 is 0. The highest BCUT2D eigenvalue weighted by Gasteiger charge is 2.26. The van der Waals surface area contributed by atoms with E-state index in [2.05, 4.69) is 33.0 Å². The molecule has 2 aromatic rings. The van der Waals surface area contributed by atoms with Crippen molar-refractivity contribution in [3.8, 4) is 5.75 Å². The summed E-state index contributed by atoms with van der Waals surface area (Å²) in [6, 6.07) is 6.03. The van der Waals surface area contributed by atoms with Crippen LogP contribution in [0.4, 0.5) is 5.69 Å². The van der Waals surface area contributed by atoms with E-state index in [0.717, 1.165) is 67.2 Å². The molecule has 0 spiro atoms. The Morgan fingerprint density at radius 3 is 2.67 bits per heavy atom. The number of methoxy groups -OCH3 is 1. The Labute approximate surface area is 141 Å². The average Bonchev–Trinajstić information content (AvgIpc) is 2.88. The number of piperazine rings is 1. The first-order valence-electron chi connectivity index (χ1n) is 8.26. The number of fused-ring (bicyclic) bond motifs is 2. The molecule has 2 aliphatic heterocycles. The third kappa shape index (κ3) is 2.65. The number of rotatable bonds is 1. The normalized spacial score (nSPS) is 17.8. The number of nitrogens with zero attached hydrogens (tertiary/aromatic N) is 6. The van der Waals surface area contributed by atoms with E-state index in [1.54, 1.807) is 7.11 Å². The maximum atomic E-state index is 5.37. The van der Waals surface area contributed by atoms with Gasteiger partial charge in [-0.2, -0.15) is 4.68 Å². The van der Waals surface area contributed by atoms with E-state index in [1.807, 2.05) is 23.7 Å². The standard InChI is InChI=1S/C17H22N6O/c1-12-18-16-10-13-4-5-14(24-3)11-15(13)19-17(23(16)20-12)22-8-6-21(2)7-9-22/h4-5,11H,6-10H2,1-3H3. The first-order chi connectivity index (χ1) is 11.6. The van der Waals surface area contributed by atoms with Gasteiger partial charge in [0.15, 0.2) is 0 Å². The van der Waals surface area contributed by atoms with Gasteiger partial charge in [-0.15, -0.1) is 5.10 Å². The molecule has 0 N–H and O–H groups in total. The maximum absolute atomic E-state index is 5.37. The molecule has 126 valence electrons. The Kier molecular flexibility index (Phi) is 3.72. The number of hydrogen-bond acceptors (Lipinski definition) is 6. The zero-order chi connectivity index (χ0) is 16.7. The van der Waals surface area contributed by atoms with E-state index in [9.17, 15) is 0 Å².